The minimum absolute atomic E-state index is 0.180. The molecule has 0 spiro atoms. The molecule has 0 aromatic carbocycles. The molecular weight excluding hydrogens is 156 g/mol. The van der Waals surface area contributed by atoms with Crippen LogP contribution in [0.4, 0.5) is 0 Å². The smallest absolute Gasteiger partial charge is 0.212 e. The Morgan fingerprint density at radius 1 is 1.55 bits per heavy atom. The van der Waals surface area contributed by atoms with E-state index < -0.39 is 0 Å². The maximum atomic E-state index is 11.1. The van der Waals surface area contributed by atoms with Gasteiger partial charge in [0, 0.05) is 5.25 Å². The lowest BCUT2D eigenvalue weighted by Gasteiger charge is -2.03. The van der Waals surface area contributed by atoms with Gasteiger partial charge < -0.3 is 0 Å². The topological polar surface area (TPSA) is 17.1 Å². The zero-order valence-electron chi connectivity index (χ0n) is 7.68. The quantitative estimate of drug-likeness (QED) is 0.609. The Kier molecular flexibility index (Phi) is 5.30. The Bertz CT molecular complexity index is 157. The molecule has 0 aromatic rings. The third-order valence-corrected chi connectivity index (χ3v) is 2.38. The summed E-state index contributed by atoms with van der Waals surface area (Å²) in [5.74, 6) is 0. The molecule has 0 bridgehead atoms. The Labute approximate surface area is 73.3 Å². The lowest BCUT2D eigenvalue weighted by molar-refractivity contribution is -0.107. The summed E-state index contributed by atoms with van der Waals surface area (Å²) in [6, 6.07) is 0. The Morgan fingerprint density at radius 3 is 2.45 bits per heavy atom. The minimum Gasteiger partial charge on any atom is -0.282 e. The van der Waals surface area contributed by atoms with E-state index in [1.165, 1.54) is 11.8 Å². The van der Waals surface area contributed by atoms with Crippen molar-refractivity contribution in [1.82, 2.24) is 0 Å². The van der Waals surface area contributed by atoms with Crippen LogP contribution >= 0.6 is 11.8 Å². The normalized spacial score (nSPS) is 12.4. The fraction of sp³-hybridized carbons (Fsp3) is 0.667. The number of allylic oxidation sites excluding steroid dienone is 1. The molecule has 0 aliphatic rings. The van der Waals surface area contributed by atoms with E-state index in [2.05, 4.69) is 13.8 Å². The van der Waals surface area contributed by atoms with Gasteiger partial charge in [0.1, 0.15) is 0 Å². The first-order chi connectivity index (χ1) is 5.06. The first-order valence-electron chi connectivity index (χ1n) is 3.91. The maximum absolute atomic E-state index is 11.1. The van der Waals surface area contributed by atoms with Gasteiger partial charge in [-0.2, -0.15) is 0 Å². The number of thioether (sulfide) groups is 1. The molecule has 0 aromatic heterocycles. The lowest BCUT2D eigenvalue weighted by atomic mass is 10.3. The number of hydrogen-bond donors (Lipinski definition) is 0. The van der Waals surface area contributed by atoms with Crippen molar-refractivity contribution in [2.24, 2.45) is 0 Å². The van der Waals surface area contributed by atoms with Gasteiger partial charge in [-0.15, -0.1) is 0 Å². The third kappa shape index (κ3) is 6.17. The summed E-state index contributed by atoms with van der Waals surface area (Å²) in [5.41, 5.74) is 1.07. The first-order valence-corrected chi connectivity index (χ1v) is 4.79. The van der Waals surface area contributed by atoms with E-state index in [1.54, 1.807) is 6.08 Å². The van der Waals surface area contributed by atoms with E-state index in [9.17, 15) is 4.79 Å². The van der Waals surface area contributed by atoms with E-state index in [4.69, 9.17) is 0 Å². The number of carbonyl (C=O) groups excluding carboxylic acids is 1. The van der Waals surface area contributed by atoms with Gasteiger partial charge in [-0.25, -0.2) is 0 Å². The summed E-state index contributed by atoms with van der Waals surface area (Å²) in [6.45, 7) is 8.04. The molecule has 0 heterocycles. The molecule has 0 unspecified atom stereocenters. The van der Waals surface area contributed by atoms with Gasteiger partial charge in [0.15, 0.2) is 0 Å². The van der Waals surface area contributed by atoms with Crippen LogP contribution in [0.15, 0.2) is 11.6 Å². The van der Waals surface area contributed by atoms with Crippen molar-refractivity contribution in [2.45, 2.75) is 39.4 Å². The van der Waals surface area contributed by atoms with Crippen molar-refractivity contribution >= 4 is 16.9 Å². The molecule has 11 heavy (non-hydrogen) atoms. The van der Waals surface area contributed by atoms with Crippen molar-refractivity contribution in [3.8, 4) is 0 Å². The first kappa shape index (κ1) is 10.8. The molecule has 64 valence electrons. The van der Waals surface area contributed by atoms with Crippen LogP contribution in [0.25, 0.3) is 0 Å². The van der Waals surface area contributed by atoms with E-state index in [1.807, 2.05) is 13.8 Å². The summed E-state index contributed by atoms with van der Waals surface area (Å²) < 4.78 is 0. The van der Waals surface area contributed by atoms with Gasteiger partial charge in [0.2, 0.25) is 5.12 Å². The van der Waals surface area contributed by atoms with Crippen molar-refractivity contribution in [3.05, 3.63) is 11.6 Å². The molecule has 1 atom stereocenters. The standard InChI is InChI=1S/C9H16OS/c1-5-8(4)11-9(10)6-7(2)3/h6,8H,5H2,1-4H3/t8-/m1/s1. The Morgan fingerprint density at radius 2 is 2.09 bits per heavy atom. The van der Waals surface area contributed by atoms with E-state index in [0.29, 0.717) is 5.25 Å². The highest BCUT2D eigenvalue weighted by Gasteiger charge is 2.04. The van der Waals surface area contributed by atoms with Gasteiger partial charge in [0.05, 0.1) is 0 Å². The summed E-state index contributed by atoms with van der Waals surface area (Å²) in [4.78, 5) is 11.1. The Balaban J connectivity index is 3.79. The highest BCUT2D eigenvalue weighted by atomic mass is 32.2. The molecule has 1 nitrogen and oxygen atoms in total. The molecule has 0 saturated heterocycles. The molecule has 2 heteroatoms. The highest BCUT2D eigenvalue weighted by Crippen LogP contribution is 2.15. The minimum atomic E-state index is 0.180. The van der Waals surface area contributed by atoms with Crippen molar-refractivity contribution in [2.75, 3.05) is 0 Å². The fourth-order valence-electron chi connectivity index (χ4n) is 0.551. The van der Waals surface area contributed by atoms with Gasteiger partial charge in [-0.1, -0.05) is 31.2 Å². The molecular formula is C9H16OS. The lowest BCUT2D eigenvalue weighted by Crippen LogP contribution is -1.98. The molecule has 0 amide bonds. The predicted octanol–water partition coefficient (Wildman–Crippen LogP) is 3.01. The van der Waals surface area contributed by atoms with E-state index >= 15 is 0 Å². The van der Waals surface area contributed by atoms with Crippen molar-refractivity contribution < 1.29 is 4.79 Å². The summed E-state index contributed by atoms with van der Waals surface area (Å²) in [5, 5.41) is 0.623. The van der Waals surface area contributed by atoms with Gasteiger partial charge in [-0.05, 0) is 26.3 Å². The van der Waals surface area contributed by atoms with E-state index in [0.717, 1.165) is 12.0 Å². The van der Waals surface area contributed by atoms with Crippen LogP contribution in [0.2, 0.25) is 0 Å². The summed E-state index contributed by atoms with van der Waals surface area (Å²) in [7, 11) is 0. The molecule has 0 aliphatic heterocycles. The van der Waals surface area contributed by atoms with Crippen molar-refractivity contribution in [1.29, 1.82) is 0 Å². The van der Waals surface area contributed by atoms with Gasteiger partial charge in [0.25, 0.3) is 0 Å². The van der Waals surface area contributed by atoms with E-state index in [-0.39, 0.29) is 5.12 Å². The van der Waals surface area contributed by atoms with Crippen LogP contribution in [0.3, 0.4) is 0 Å². The number of carbonyl (C=O) groups is 1. The van der Waals surface area contributed by atoms with Crippen LogP contribution in [0.5, 0.6) is 0 Å². The predicted molar refractivity (Wildman–Crippen MR) is 51.8 cm³/mol. The van der Waals surface area contributed by atoms with Crippen molar-refractivity contribution in [3.63, 3.8) is 0 Å². The fourth-order valence-corrected chi connectivity index (χ4v) is 1.42. The zero-order valence-corrected chi connectivity index (χ0v) is 8.49. The molecule has 0 N–H and O–H groups in total. The summed E-state index contributed by atoms with van der Waals surface area (Å²) >= 11 is 1.41. The largest absolute Gasteiger partial charge is 0.282 e. The molecule has 0 aliphatic carbocycles. The Hall–Kier alpha value is -0.240. The molecule has 0 rings (SSSR count). The SMILES string of the molecule is CC[C@@H](C)SC(=O)C=C(C)C. The molecule has 0 radical (unpaired) electrons. The third-order valence-electron chi connectivity index (χ3n) is 1.30. The molecule has 0 saturated carbocycles. The second-order valence-electron chi connectivity index (χ2n) is 2.88. The average molecular weight is 172 g/mol. The second-order valence-corrected chi connectivity index (χ2v) is 4.32. The maximum Gasteiger partial charge on any atom is 0.212 e. The van der Waals surface area contributed by atoms with Crippen LogP contribution in [0.1, 0.15) is 34.1 Å². The zero-order chi connectivity index (χ0) is 8.85. The highest BCUT2D eigenvalue weighted by molar-refractivity contribution is 8.14. The van der Waals surface area contributed by atoms with Crippen LogP contribution in [-0.4, -0.2) is 10.4 Å². The molecule has 0 fully saturated rings. The summed E-state index contributed by atoms with van der Waals surface area (Å²) in [6.07, 6.45) is 2.74. The monoisotopic (exact) mass is 172 g/mol. The van der Waals surface area contributed by atoms with Crippen LogP contribution < -0.4 is 0 Å². The second kappa shape index (κ2) is 5.42. The van der Waals surface area contributed by atoms with Crippen LogP contribution in [-0.2, 0) is 4.79 Å². The van der Waals surface area contributed by atoms with Gasteiger partial charge >= 0.3 is 0 Å². The number of hydrogen-bond acceptors (Lipinski definition) is 2. The van der Waals surface area contributed by atoms with Crippen LogP contribution in [0, 0.1) is 0 Å². The number of rotatable bonds is 3. The average Bonchev–Trinajstić information content (AvgIpc) is 1.85. The van der Waals surface area contributed by atoms with Gasteiger partial charge in [-0.3, -0.25) is 4.79 Å².